The van der Waals surface area contributed by atoms with E-state index in [0.29, 0.717) is 54.2 Å². The lowest BCUT2D eigenvalue weighted by Crippen LogP contribution is -2.49. The number of likely N-dealkylation sites (tertiary alicyclic amines) is 1. The maximum Gasteiger partial charge on any atom is 0.311 e. The molecule has 0 unspecified atom stereocenters. The van der Waals surface area contributed by atoms with Crippen LogP contribution in [0, 0.1) is 12.8 Å². The van der Waals surface area contributed by atoms with E-state index >= 15 is 0 Å². The average Bonchev–Trinajstić information content (AvgIpc) is 3.40. The summed E-state index contributed by atoms with van der Waals surface area (Å²) >= 11 is 7.04. The number of nitrogens with one attached hydrogen (secondary N) is 3. The van der Waals surface area contributed by atoms with Crippen molar-refractivity contribution < 1.29 is 14.3 Å². The number of benzene rings is 2. The number of hydrogen-bond acceptors (Lipinski definition) is 9. The summed E-state index contributed by atoms with van der Waals surface area (Å²) in [4.78, 5) is 41.2. The molecule has 2 aliphatic heterocycles. The number of carbonyl (C=O) groups excluding carboxylic acids is 2. The Morgan fingerprint density at radius 1 is 1.09 bits per heavy atom. The Hall–Kier alpha value is -4.84. The second-order valence-electron chi connectivity index (χ2n) is 12.0. The van der Waals surface area contributed by atoms with Crippen molar-refractivity contribution in [3.63, 3.8) is 0 Å². The minimum Gasteiger partial charge on any atom is -0.469 e. The molecule has 0 radical (unpaired) electrons. The Kier molecular flexibility index (Phi) is 8.35. The van der Waals surface area contributed by atoms with Crippen molar-refractivity contribution in [1.82, 2.24) is 29.7 Å². The van der Waals surface area contributed by atoms with Gasteiger partial charge in [-0.15, -0.1) is 0 Å². The Balaban J connectivity index is 1.10. The third-order valence-corrected chi connectivity index (χ3v) is 9.42. The van der Waals surface area contributed by atoms with Crippen LogP contribution in [0.4, 0.5) is 17.2 Å². The number of aromatic nitrogens is 4. The van der Waals surface area contributed by atoms with Gasteiger partial charge in [-0.3, -0.25) is 19.5 Å². The first-order valence-electron chi connectivity index (χ1n) is 15.6. The lowest BCUT2D eigenvalue weighted by Gasteiger charge is -2.37. The van der Waals surface area contributed by atoms with Gasteiger partial charge in [0.2, 0.25) is 0 Å². The third-order valence-electron chi connectivity index (χ3n) is 9.01. The molecule has 2 aromatic carbocycles. The molecule has 5 aromatic rings. The van der Waals surface area contributed by atoms with E-state index in [2.05, 4.69) is 36.9 Å². The van der Waals surface area contributed by atoms with Crippen LogP contribution in [0.15, 0.2) is 60.9 Å². The van der Waals surface area contributed by atoms with Crippen molar-refractivity contribution in [2.24, 2.45) is 13.0 Å². The Morgan fingerprint density at radius 3 is 2.66 bits per heavy atom. The highest BCUT2D eigenvalue weighted by molar-refractivity contribution is 6.36. The second kappa shape index (κ2) is 12.7. The van der Waals surface area contributed by atoms with Gasteiger partial charge in [0.15, 0.2) is 11.6 Å². The lowest BCUT2D eigenvalue weighted by atomic mass is 9.98. The van der Waals surface area contributed by atoms with Gasteiger partial charge in [-0.1, -0.05) is 35.9 Å². The van der Waals surface area contributed by atoms with E-state index in [9.17, 15) is 9.59 Å². The molecule has 240 valence electrons. The van der Waals surface area contributed by atoms with E-state index in [1.807, 2.05) is 67.2 Å². The van der Waals surface area contributed by atoms with Gasteiger partial charge < -0.3 is 25.3 Å². The molecule has 0 aliphatic carbocycles. The number of halogens is 1. The second-order valence-corrected chi connectivity index (χ2v) is 12.4. The van der Waals surface area contributed by atoms with Crippen molar-refractivity contribution in [2.45, 2.75) is 26.4 Å². The number of methoxy groups -OCH3 is 1. The number of nitrogens with zero attached hydrogens (tertiary/aromatic N) is 5. The van der Waals surface area contributed by atoms with Gasteiger partial charge >= 0.3 is 5.97 Å². The van der Waals surface area contributed by atoms with Crippen molar-refractivity contribution in [1.29, 1.82) is 0 Å². The number of pyridine rings is 2. The minimum absolute atomic E-state index is 0.0615. The summed E-state index contributed by atoms with van der Waals surface area (Å²) in [6, 6.07) is 15.6. The van der Waals surface area contributed by atoms with E-state index in [1.165, 1.54) is 7.11 Å². The van der Waals surface area contributed by atoms with E-state index in [0.717, 1.165) is 57.5 Å². The van der Waals surface area contributed by atoms with E-state index in [-0.39, 0.29) is 17.8 Å². The number of anilines is 3. The molecule has 1 fully saturated rings. The standard InChI is InChI=1S/C35H35ClN8O3/c1-20-24(6-4-8-26(20)42-34(45)33-41-28-16-37-12-11-29(28)43(33)2)25-7-5-9-27(30(25)36)40-32-31-22(10-13-38-32)14-21(15-39-31)17-44-18-23(19-44)35(46)47-3/h4-10,13-15,23,37H,11-12,16-19H2,1-3H3,(H,38,40)(H,42,45). The number of carbonyl (C=O) groups is 2. The van der Waals surface area contributed by atoms with Gasteiger partial charge in [0.1, 0.15) is 5.52 Å². The molecule has 0 atom stereocenters. The maximum absolute atomic E-state index is 13.3. The fourth-order valence-electron chi connectivity index (χ4n) is 6.42. The monoisotopic (exact) mass is 650 g/mol. The molecule has 0 saturated carbocycles. The Labute approximate surface area is 277 Å². The molecule has 1 amide bonds. The first-order valence-corrected chi connectivity index (χ1v) is 15.9. The highest BCUT2D eigenvalue weighted by atomic mass is 35.5. The van der Waals surface area contributed by atoms with Crippen LogP contribution in [0.25, 0.3) is 22.0 Å². The zero-order chi connectivity index (χ0) is 32.7. The van der Waals surface area contributed by atoms with Crippen LogP contribution in [0.1, 0.15) is 33.1 Å². The first-order chi connectivity index (χ1) is 22.8. The summed E-state index contributed by atoms with van der Waals surface area (Å²) in [5.74, 6) is 0.510. The van der Waals surface area contributed by atoms with Gasteiger partial charge in [0.05, 0.1) is 29.4 Å². The predicted molar refractivity (Wildman–Crippen MR) is 182 cm³/mol. The van der Waals surface area contributed by atoms with Crippen LogP contribution < -0.4 is 16.0 Å². The molecule has 2 aliphatic rings. The fourth-order valence-corrected chi connectivity index (χ4v) is 6.70. The minimum atomic E-state index is -0.253. The molecule has 3 aromatic heterocycles. The molecule has 1 saturated heterocycles. The molecular formula is C35H35ClN8O3. The van der Waals surface area contributed by atoms with Gasteiger partial charge in [-0.25, -0.2) is 9.97 Å². The summed E-state index contributed by atoms with van der Waals surface area (Å²) in [6.45, 7) is 5.58. The molecule has 11 nitrogen and oxygen atoms in total. The number of imidazole rings is 1. The molecule has 3 N–H and O–H groups in total. The normalized spacial score (nSPS) is 14.8. The molecule has 0 bridgehead atoms. The number of amides is 1. The molecule has 0 spiro atoms. The van der Waals surface area contributed by atoms with Crippen molar-refractivity contribution in [3.05, 3.63) is 94.3 Å². The number of hydrogen-bond donors (Lipinski definition) is 3. The lowest BCUT2D eigenvalue weighted by molar-refractivity contribution is -0.151. The van der Waals surface area contributed by atoms with Crippen molar-refractivity contribution >= 4 is 51.6 Å². The van der Waals surface area contributed by atoms with Gasteiger partial charge in [-0.2, -0.15) is 0 Å². The summed E-state index contributed by atoms with van der Waals surface area (Å²) in [7, 11) is 3.32. The van der Waals surface area contributed by atoms with Crippen LogP contribution in [0.2, 0.25) is 5.02 Å². The van der Waals surface area contributed by atoms with E-state index in [4.69, 9.17) is 21.3 Å². The van der Waals surface area contributed by atoms with Crippen LogP contribution in [0.5, 0.6) is 0 Å². The first kappa shape index (κ1) is 30.8. The summed E-state index contributed by atoms with van der Waals surface area (Å²) < 4.78 is 6.74. The van der Waals surface area contributed by atoms with Crippen molar-refractivity contribution in [2.75, 3.05) is 37.4 Å². The number of fused-ring (bicyclic) bond motifs is 2. The van der Waals surface area contributed by atoms with Crippen molar-refractivity contribution in [3.8, 4) is 11.1 Å². The quantitative estimate of drug-likeness (QED) is 0.193. The molecule has 47 heavy (non-hydrogen) atoms. The summed E-state index contributed by atoms with van der Waals surface area (Å²) in [6.07, 6.45) is 4.43. The molecule has 12 heteroatoms. The largest absolute Gasteiger partial charge is 0.469 e. The van der Waals surface area contributed by atoms with Gasteiger partial charge in [0.25, 0.3) is 5.91 Å². The highest BCUT2D eigenvalue weighted by Gasteiger charge is 2.33. The highest BCUT2D eigenvalue weighted by Crippen LogP contribution is 2.39. The van der Waals surface area contributed by atoms with Crippen LogP contribution in [0.3, 0.4) is 0 Å². The van der Waals surface area contributed by atoms with Crippen LogP contribution >= 0.6 is 11.6 Å². The van der Waals surface area contributed by atoms with E-state index in [1.54, 1.807) is 6.20 Å². The number of rotatable bonds is 8. The third kappa shape index (κ3) is 5.93. The smallest absolute Gasteiger partial charge is 0.311 e. The maximum atomic E-state index is 13.3. The van der Waals surface area contributed by atoms with E-state index < -0.39 is 0 Å². The Morgan fingerprint density at radius 2 is 1.87 bits per heavy atom. The Bertz CT molecular complexity index is 2020. The molecule has 5 heterocycles. The zero-order valence-corrected chi connectivity index (χ0v) is 27.2. The fraction of sp³-hybridized carbons (Fsp3) is 0.286. The number of ether oxygens (including phenoxy) is 1. The van der Waals surface area contributed by atoms with Crippen LogP contribution in [-0.4, -0.2) is 63.0 Å². The summed E-state index contributed by atoms with van der Waals surface area (Å²) in [5, 5.41) is 11.2. The topological polar surface area (TPSA) is 126 Å². The SMILES string of the molecule is COC(=O)C1CN(Cc2cnc3c(Nc4cccc(-c5cccc(NC(=O)c6nc7c(n6C)CCNC7)c5C)c4Cl)nccc3c2)C1. The zero-order valence-electron chi connectivity index (χ0n) is 26.4. The average molecular weight is 651 g/mol. The van der Waals surface area contributed by atoms with Gasteiger partial charge in [-0.05, 0) is 47.9 Å². The van der Waals surface area contributed by atoms with Crippen LogP contribution in [-0.2, 0) is 36.1 Å². The molecule has 7 rings (SSSR count). The predicted octanol–water partition coefficient (Wildman–Crippen LogP) is 5.24. The van der Waals surface area contributed by atoms with Gasteiger partial charge in [0, 0.05) is 80.9 Å². The summed E-state index contributed by atoms with van der Waals surface area (Å²) in [5.41, 5.74) is 7.77. The molecular weight excluding hydrogens is 616 g/mol. The number of esters is 1.